The van der Waals surface area contributed by atoms with Gasteiger partial charge < -0.3 is 24.1 Å². The van der Waals surface area contributed by atoms with E-state index in [-0.39, 0.29) is 6.42 Å². The molecule has 0 spiro atoms. The van der Waals surface area contributed by atoms with Crippen LogP contribution < -0.4 is 14.8 Å². The molecule has 8 heteroatoms. The number of aromatic nitrogens is 1. The van der Waals surface area contributed by atoms with Crippen molar-refractivity contribution in [2.24, 2.45) is 0 Å². The van der Waals surface area contributed by atoms with E-state index in [1.807, 2.05) is 26.8 Å². The van der Waals surface area contributed by atoms with E-state index >= 15 is 0 Å². The molecule has 1 amide bonds. The Morgan fingerprint density at radius 1 is 1.09 bits per heavy atom. The molecule has 0 fully saturated rings. The van der Waals surface area contributed by atoms with E-state index in [0.717, 1.165) is 28.1 Å². The normalized spacial score (nSPS) is 11.5. The molecule has 1 heterocycles. The Bertz CT molecular complexity index is 1100. The smallest absolute Gasteiger partial charge is 0.311 e. The van der Waals surface area contributed by atoms with Crippen LogP contribution >= 0.6 is 0 Å². The number of nitrogens with zero attached hydrogens (tertiary/aromatic N) is 1. The number of amides is 1. The van der Waals surface area contributed by atoms with Gasteiger partial charge in [-0.1, -0.05) is 23.4 Å². The maximum absolute atomic E-state index is 12.5. The van der Waals surface area contributed by atoms with Gasteiger partial charge in [-0.2, -0.15) is 0 Å². The van der Waals surface area contributed by atoms with Crippen LogP contribution in [0.15, 0.2) is 47.0 Å². The standard InChI is InChI=1S/C25H28N2O6/c1-15-6-11-23(30-5)22(12-15)26-25(29)18(4)32-24(28)13-19-7-9-20(10-8-19)31-14-21-16(2)27-33-17(21)3/h6-12,18H,13-14H2,1-5H3,(H,26,29). The molecule has 174 valence electrons. The van der Waals surface area contributed by atoms with Crippen molar-refractivity contribution in [1.29, 1.82) is 0 Å². The first kappa shape index (κ1) is 23.8. The van der Waals surface area contributed by atoms with E-state index in [9.17, 15) is 9.59 Å². The van der Waals surface area contributed by atoms with E-state index < -0.39 is 18.0 Å². The summed E-state index contributed by atoms with van der Waals surface area (Å²) in [5.41, 5.74) is 3.95. The topological polar surface area (TPSA) is 99.9 Å². The minimum atomic E-state index is -0.958. The number of esters is 1. The summed E-state index contributed by atoms with van der Waals surface area (Å²) in [5.74, 6) is 0.982. The number of aryl methyl sites for hydroxylation is 3. The summed E-state index contributed by atoms with van der Waals surface area (Å²) >= 11 is 0. The van der Waals surface area contributed by atoms with Gasteiger partial charge in [0.25, 0.3) is 5.91 Å². The molecular formula is C25H28N2O6. The summed E-state index contributed by atoms with van der Waals surface area (Å²) in [6.45, 7) is 7.49. The van der Waals surface area contributed by atoms with E-state index in [1.54, 1.807) is 36.4 Å². The van der Waals surface area contributed by atoms with Crippen LogP contribution in [-0.2, 0) is 27.4 Å². The second-order valence-corrected chi connectivity index (χ2v) is 7.74. The molecule has 0 aliphatic rings. The van der Waals surface area contributed by atoms with Crippen LogP contribution in [0, 0.1) is 20.8 Å². The molecule has 0 saturated heterocycles. The predicted octanol–water partition coefficient (Wildman–Crippen LogP) is 4.30. The van der Waals surface area contributed by atoms with Gasteiger partial charge >= 0.3 is 5.97 Å². The van der Waals surface area contributed by atoms with Crippen molar-refractivity contribution in [3.63, 3.8) is 0 Å². The number of rotatable bonds is 9. The molecule has 1 aromatic heterocycles. The van der Waals surface area contributed by atoms with Gasteiger partial charge in [-0.05, 0) is 63.1 Å². The lowest BCUT2D eigenvalue weighted by Gasteiger charge is -2.16. The average molecular weight is 453 g/mol. The maximum atomic E-state index is 12.5. The molecule has 3 aromatic rings. The first-order chi connectivity index (χ1) is 15.8. The molecule has 0 saturated carbocycles. The molecule has 0 aliphatic heterocycles. The fourth-order valence-corrected chi connectivity index (χ4v) is 3.18. The van der Waals surface area contributed by atoms with Crippen LogP contribution in [0.4, 0.5) is 5.69 Å². The lowest BCUT2D eigenvalue weighted by molar-refractivity contribution is -0.152. The third kappa shape index (κ3) is 6.35. The third-order valence-electron chi connectivity index (χ3n) is 5.13. The molecule has 8 nitrogen and oxygen atoms in total. The first-order valence-corrected chi connectivity index (χ1v) is 10.5. The number of ether oxygens (including phenoxy) is 3. The number of carbonyl (C=O) groups excluding carboxylic acids is 2. The summed E-state index contributed by atoms with van der Waals surface area (Å²) in [5, 5.41) is 6.65. The number of carbonyl (C=O) groups is 2. The Kier molecular flexibility index (Phi) is 7.71. The van der Waals surface area contributed by atoms with Gasteiger partial charge in [0, 0.05) is 0 Å². The van der Waals surface area contributed by atoms with Crippen molar-refractivity contribution < 1.29 is 28.3 Å². The zero-order chi connectivity index (χ0) is 24.0. The van der Waals surface area contributed by atoms with Crippen molar-refractivity contribution >= 4 is 17.6 Å². The number of nitrogens with one attached hydrogen (secondary N) is 1. The third-order valence-corrected chi connectivity index (χ3v) is 5.13. The lowest BCUT2D eigenvalue weighted by Crippen LogP contribution is -2.30. The van der Waals surface area contributed by atoms with Crippen LogP contribution in [0.5, 0.6) is 11.5 Å². The van der Waals surface area contributed by atoms with E-state index in [0.29, 0.717) is 23.8 Å². The van der Waals surface area contributed by atoms with Crippen molar-refractivity contribution in [3.8, 4) is 11.5 Å². The maximum Gasteiger partial charge on any atom is 0.311 e. The molecule has 0 bridgehead atoms. The summed E-state index contributed by atoms with van der Waals surface area (Å²) in [4.78, 5) is 24.8. The second-order valence-electron chi connectivity index (χ2n) is 7.74. The average Bonchev–Trinajstić information content (AvgIpc) is 3.10. The highest BCUT2D eigenvalue weighted by molar-refractivity contribution is 5.96. The molecule has 1 N–H and O–H groups in total. The van der Waals surface area contributed by atoms with Crippen molar-refractivity contribution in [1.82, 2.24) is 5.16 Å². The van der Waals surface area contributed by atoms with Gasteiger partial charge in [-0.3, -0.25) is 9.59 Å². The van der Waals surface area contributed by atoms with Crippen molar-refractivity contribution in [3.05, 3.63) is 70.6 Å². The van der Waals surface area contributed by atoms with Crippen LogP contribution in [0.1, 0.15) is 35.1 Å². The molecule has 2 aromatic carbocycles. The SMILES string of the molecule is COc1ccc(C)cc1NC(=O)C(C)OC(=O)Cc1ccc(OCc2c(C)noc2C)cc1. The van der Waals surface area contributed by atoms with Crippen LogP contribution in [0.2, 0.25) is 0 Å². The number of hydrogen-bond acceptors (Lipinski definition) is 7. The Balaban J connectivity index is 1.50. The summed E-state index contributed by atoms with van der Waals surface area (Å²) in [6, 6.07) is 12.6. The van der Waals surface area contributed by atoms with E-state index in [1.165, 1.54) is 14.0 Å². The summed E-state index contributed by atoms with van der Waals surface area (Å²) in [7, 11) is 1.52. The Labute approximate surface area is 192 Å². The highest BCUT2D eigenvalue weighted by atomic mass is 16.5. The lowest BCUT2D eigenvalue weighted by atomic mass is 10.1. The molecule has 3 rings (SSSR count). The zero-order valence-electron chi connectivity index (χ0n) is 19.4. The summed E-state index contributed by atoms with van der Waals surface area (Å²) in [6.07, 6.45) is -0.921. The Morgan fingerprint density at radius 2 is 1.82 bits per heavy atom. The van der Waals surface area contributed by atoms with Gasteiger partial charge in [0.15, 0.2) is 6.10 Å². The van der Waals surface area contributed by atoms with E-state index in [4.69, 9.17) is 18.7 Å². The monoisotopic (exact) mass is 452 g/mol. The molecule has 1 unspecified atom stereocenters. The van der Waals surface area contributed by atoms with Gasteiger partial charge in [0.2, 0.25) is 0 Å². The number of methoxy groups -OCH3 is 1. The number of benzene rings is 2. The van der Waals surface area contributed by atoms with Crippen molar-refractivity contribution in [2.75, 3.05) is 12.4 Å². The van der Waals surface area contributed by atoms with Gasteiger partial charge in [-0.25, -0.2) is 0 Å². The van der Waals surface area contributed by atoms with Crippen LogP contribution in [-0.4, -0.2) is 30.2 Å². The Hall–Kier alpha value is -3.81. The minimum Gasteiger partial charge on any atom is -0.495 e. The van der Waals surface area contributed by atoms with Gasteiger partial charge in [0.05, 0.1) is 30.5 Å². The van der Waals surface area contributed by atoms with Crippen LogP contribution in [0.3, 0.4) is 0 Å². The predicted molar refractivity (Wildman–Crippen MR) is 122 cm³/mol. The van der Waals surface area contributed by atoms with Crippen LogP contribution in [0.25, 0.3) is 0 Å². The molecule has 1 atom stereocenters. The van der Waals surface area contributed by atoms with Gasteiger partial charge in [-0.15, -0.1) is 0 Å². The molecular weight excluding hydrogens is 424 g/mol. The molecule has 0 radical (unpaired) electrons. The highest BCUT2D eigenvalue weighted by Crippen LogP contribution is 2.25. The fraction of sp³-hybridized carbons (Fsp3) is 0.320. The quantitative estimate of drug-likeness (QED) is 0.483. The largest absolute Gasteiger partial charge is 0.495 e. The van der Waals surface area contributed by atoms with Gasteiger partial charge in [0.1, 0.15) is 23.9 Å². The molecule has 33 heavy (non-hydrogen) atoms. The second kappa shape index (κ2) is 10.7. The summed E-state index contributed by atoms with van der Waals surface area (Å²) < 4.78 is 21.5. The first-order valence-electron chi connectivity index (χ1n) is 10.5. The van der Waals surface area contributed by atoms with E-state index in [2.05, 4.69) is 10.5 Å². The highest BCUT2D eigenvalue weighted by Gasteiger charge is 2.19. The van der Waals surface area contributed by atoms with Crippen molar-refractivity contribution in [2.45, 2.75) is 46.8 Å². The fourth-order valence-electron chi connectivity index (χ4n) is 3.18. The number of hydrogen-bond donors (Lipinski definition) is 1. The Morgan fingerprint density at radius 3 is 2.45 bits per heavy atom. The minimum absolute atomic E-state index is 0.0372. The number of anilines is 1. The molecule has 0 aliphatic carbocycles. The zero-order valence-corrected chi connectivity index (χ0v) is 19.4.